The summed E-state index contributed by atoms with van der Waals surface area (Å²) in [6, 6.07) is 9.66. The molecule has 3 heteroatoms. The SMILES string of the molecule is Br.N#Cc1ccccc1CBr. The summed E-state index contributed by atoms with van der Waals surface area (Å²) >= 11 is 3.30. The number of nitrogens with zero attached hydrogens (tertiary/aromatic N) is 1. The van der Waals surface area contributed by atoms with Crippen molar-refractivity contribution < 1.29 is 0 Å². The van der Waals surface area contributed by atoms with Gasteiger partial charge in [-0.05, 0) is 11.6 Å². The van der Waals surface area contributed by atoms with Crippen LogP contribution < -0.4 is 0 Å². The van der Waals surface area contributed by atoms with Crippen molar-refractivity contribution in [3.8, 4) is 6.07 Å². The molecule has 0 aromatic heterocycles. The molecule has 0 heterocycles. The van der Waals surface area contributed by atoms with E-state index in [0.717, 1.165) is 16.5 Å². The molecule has 1 rings (SSSR count). The van der Waals surface area contributed by atoms with Crippen molar-refractivity contribution in [2.75, 3.05) is 0 Å². The molecule has 0 saturated heterocycles. The molecule has 0 fully saturated rings. The fourth-order valence-electron chi connectivity index (χ4n) is 0.746. The highest BCUT2D eigenvalue weighted by molar-refractivity contribution is 9.08. The van der Waals surface area contributed by atoms with Gasteiger partial charge in [-0.2, -0.15) is 5.26 Å². The molecule has 0 unspecified atom stereocenters. The van der Waals surface area contributed by atoms with Crippen LogP contribution in [-0.4, -0.2) is 0 Å². The maximum atomic E-state index is 8.58. The Morgan fingerprint density at radius 1 is 1.36 bits per heavy atom. The third-order valence-electron chi connectivity index (χ3n) is 1.28. The molecule has 0 atom stereocenters. The van der Waals surface area contributed by atoms with E-state index >= 15 is 0 Å². The van der Waals surface area contributed by atoms with Crippen LogP contribution in [0.4, 0.5) is 0 Å². The van der Waals surface area contributed by atoms with E-state index in [4.69, 9.17) is 5.26 Å². The van der Waals surface area contributed by atoms with E-state index in [1.807, 2.05) is 24.3 Å². The zero-order valence-corrected chi connectivity index (χ0v) is 9.05. The Morgan fingerprint density at radius 2 is 2.00 bits per heavy atom. The van der Waals surface area contributed by atoms with Gasteiger partial charge in [-0.3, -0.25) is 0 Å². The molecule has 1 aromatic carbocycles. The number of nitriles is 1. The van der Waals surface area contributed by atoms with Crippen LogP contribution in [0.2, 0.25) is 0 Å². The number of rotatable bonds is 1. The third-order valence-corrected chi connectivity index (χ3v) is 1.89. The van der Waals surface area contributed by atoms with E-state index in [2.05, 4.69) is 22.0 Å². The van der Waals surface area contributed by atoms with Crippen molar-refractivity contribution in [1.29, 1.82) is 5.26 Å². The summed E-state index contributed by atoms with van der Waals surface area (Å²) in [5, 5.41) is 9.33. The maximum absolute atomic E-state index is 8.58. The molecule has 0 bridgehead atoms. The van der Waals surface area contributed by atoms with Crippen molar-refractivity contribution in [2.45, 2.75) is 5.33 Å². The minimum atomic E-state index is 0. The fraction of sp³-hybridized carbons (Fsp3) is 0.125. The van der Waals surface area contributed by atoms with Crippen molar-refractivity contribution >= 4 is 32.9 Å². The Hall–Kier alpha value is -0.330. The first-order chi connectivity index (χ1) is 4.88. The van der Waals surface area contributed by atoms with Gasteiger partial charge in [0.2, 0.25) is 0 Å². The topological polar surface area (TPSA) is 23.8 Å². The standard InChI is InChI=1S/C8H6BrN.BrH/c9-5-7-3-1-2-4-8(7)6-10;/h1-4H,5H2;1H. The monoisotopic (exact) mass is 275 g/mol. The van der Waals surface area contributed by atoms with Crippen LogP contribution >= 0.6 is 32.9 Å². The Balaban J connectivity index is 0.000001000. The van der Waals surface area contributed by atoms with Crippen LogP contribution in [0.1, 0.15) is 11.1 Å². The summed E-state index contributed by atoms with van der Waals surface area (Å²) in [4.78, 5) is 0. The van der Waals surface area contributed by atoms with Gasteiger partial charge >= 0.3 is 0 Å². The van der Waals surface area contributed by atoms with Gasteiger partial charge in [-0.25, -0.2) is 0 Å². The Morgan fingerprint density at radius 3 is 2.45 bits per heavy atom. The van der Waals surface area contributed by atoms with E-state index < -0.39 is 0 Å². The zero-order chi connectivity index (χ0) is 7.40. The Kier molecular flexibility index (Phi) is 5.18. The van der Waals surface area contributed by atoms with Gasteiger partial charge < -0.3 is 0 Å². The average Bonchev–Trinajstić information content (AvgIpc) is 2.04. The minimum Gasteiger partial charge on any atom is -0.192 e. The fourth-order valence-corrected chi connectivity index (χ4v) is 1.23. The second-order valence-corrected chi connectivity index (χ2v) is 2.46. The van der Waals surface area contributed by atoms with Crippen molar-refractivity contribution in [1.82, 2.24) is 0 Å². The van der Waals surface area contributed by atoms with Gasteiger partial charge in [0.1, 0.15) is 0 Å². The number of hydrogen-bond acceptors (Lipinski definition) is 1. The lowest BCUT2D eigenvalue weighted by Crippen LogP contribution is -1.82. The quantitative estimate of drug-likeness (QED) is 0.724. The lowest BCUT2D eigenvalue weighted by atomic mass is 10.1. The molecular formula is C8H7Br2N. The summed E-state index contributed by atoms with van der Waals surface area (Å²) in [6.07, 6.45) is 0. The molecule has 0 spiro atoms. The Labute approximate surface area is 84.9 Å². The van der Waals surface area contributed by atoms with Gasteiger partial charge in [0.15, 0.2) is 0 Å². The summed E-state index contributed by atoms with van der Waals surface area (Å²) in [7, 11) is 0. The summed E-state index contributed by atoms with van der Waals surface area (Å²) < 4.78 is 0. The van der Waals surface area contributed by atoms with Crippen LogP contribution in [0.15, 0.2) is 24.3 Å². The molecular weight excluding hydrogens is 270 g/mol. The molecule has 0 radical (unpaired) electrons. The zero-order valence-electron chi connectivity index (χ0n) is 5.75. The largest absolute Gasteiger partial charge is 0.192 e. The number of hydrogen-bond donors (Lipinski definition) is 0. The second kappa shape index (κ2) is 5.34. The summed E-state index contributed by atoms with van der Waals surface area (Å²) in [5.74, 6) is 0. The molecule has 0 saturated carbocycles. The van der Waals surface area contributed by atoms with E-state index in [1.165, 1.54) is 0 Å². The van der Waals surface area contributed by atoms with Crippen LogP contribution in [0.3, 0.4) is 0 Å². The highest BCUT2D eigenvalue weighted by Gasteiger charge is 1.95. The molecule has 0 aliphatic heterocycles. The predicted octanol–water partition coefficient (Wildman–Crippen LogP) is 3.03. The lowest BCUT2D eigenvalue weighted by molar-refractivity contribution is 1.37. The predicted molar refractivity (Wildman–Crippen MR) is 54.1 cm³/mol. The summed E-state index contributed by atoms with van der Waals surface area (Å²) in [5.41, 5.74) is 1.80. The van der Waals surface area contributed by atoms with Gasteiger partial charge in [-0.15, -0.1) is 17.0 Å². The normalized spacial score (nSPS) is 8.00. The van der Waals surface area contributed by atoms with Crippen molar-refractivity contribution in [2.24, 2.45) is 0 Å². The second-order valence-electron chi connectivity index (χ2n) is 1.90. The lowest BCUT2D eigenvalue weighted by Gasteiger charge is -1.95. The maximum Gasteiger partial charge on any atom is 0.0994 e. The first-order valence-corrected chi connectivity index (χ1v) is 4.04. The van der Waals surface area contributed by atoms with Crippen molar-refractivity contribution in [3.63, 3.8) is 0 Å². The van der Waals surface area contributed by atoms with E-state index in [1.54, 1.807) is 0 Å². The number of halogens is 2. The molecule has 0 aliphatic rings. The van der Waals surface area contributed by atoms with Crippen LogP contribution in [0.25, 0.3) is 0 Å². The van der Waals surface area contributed by atoms with Gasteiger partial charge in [0.25, 0.3) is 0 Å². The van der Waals surface area contributed by atoms with Crippen LogP contribution in [-0.2, 0) is 5.33 Å². The molecule has 0 N–H and O–H groups in total. The minimum absolute atomic E-state index is 0. The molecule has 1 nitrogen and oxygen atoms in total. The molecule has 1 aromatic rings. The highest BCUT2D eigenvalue weighted by atomic mass is 79.9. The van der Waals surface area contributed by atoms with Crippen LogP contribution in [0, 0.1) is 11.3 Å². The highest BCUT2D eigenvalue weighted by Crippen LogP contribution is 2.10. The average molecular weight is 277 g/mol. The van der Waals surface area contributed by atoms with E-state index in [9.17, 15) is 0 Å². The Bertz CT molecular complexity index is 265. The van der Waals surface area contributed by atoms with Gasteiger partial charge in [0, 0.05) is 5.33 Å². The van der Waals surface area contributed by atoms with Gasteiger partial charge in [0.05, 0.1) is 11.6 Å². The molecule has 0 amide bonds. The molecule has 0 aliphatic carbocycles. The molecule has 58 valence electrons. The van der Waals surface area contributed by atoms with E-state index in [-0.39, 0.29) is 17.0 Å². The van der Waals surface area contributed by atoms with Crippen molar-refractivity contribution in [3.05, 3.63) is 35.4 Å². The summed E-state index contributed by atoms with van der Waals surface area (Å²) in [6.45, 7) is 0. The first-order valence-electron chi connectivity index (χ1n) is 2.92. The molecule has 11 heavy (non-hydrogen) atoms. The smallest absolute Gasteiger partial charge is 0.0994 e. The number of alkyl halides is 1. The number of benzene rings is 1. The van der Waals surface area contributed by atoms with E-state index in [0.29, 0.717) is 0 Å². The van der Waals surface area contributed by atoms with Crippen LogP contribution in [0.5, 0.6) is 0 Å². The van der Waals surface area contributed by atoms with Gasteiger partial charge in [-0.1, -0.05) is 34.1 Å². The first kappa shape index (κ1) is 10.7. The third kappa shape index (κ3) is 2.64.